The number of urea groups is 1. The topological polar surface area (TPSA) is 139 Å². The molecule has 2 rings (SSSR count). The second-order valence-corrected chi connectivity index (χ2v) is 5.29. The van der Waals surface area contributed by atoms with E-state index in [1.807, 2.05) is 0 Å². The van der Waals surface area contributed by atoms with Crippen molar-refractivity contribution in [2.75, 3.05) is 20.3 Å². The predicted octanol–water partition coefficient (Wildman–Crippen LogP) is -1.73. The highest BCUT2D eigenvalue weighted by Crippen LogP contribution is 2.30. The monoisotopic (exact) mass is 307 g/mol. The van der Waals surface area contributed by atoms with Gasteiger partial charge in [-0.3, -0.25) is 9.35 Å². The van der Waals surface area contributed by atoms with Crippen molar-refractivity contribution in [3.63, 3.8) is 0 Å². The van der Waals surface area contributed by atoms with Gasteiger partial charge in [-0.25, -0.2) is 4.79 Å². The van der Waals surface area contributed by atoms with Crippen LogP contribution in [0.15, 0.2) is 11.6 Å². The van der Waals surface area contributed by atoms with Gasteiger partial charge in [0.25, 0.3) is 0 Å². The average molecular weight is 307 g/mol. The van der Waals surface area contributed by atoms with Gasteiger partial charge < -0.3 is 15.4 Å². The molecule has 0 unspecified atom stereocenters. The van der Waals surface area contributed by atoms with E-state index in [1.165, 1.54) is 18.1 Å². The van der Waals surface area contributed by atoms with Gasteiger partial charge in [-0.15, -0.1) is 4.28 Å². The zero-order valence-corrected chi connectivity index (χ0v) is 11.2. The van der Waals surface area contributed by atoms with E-state index in [0.29, 0.717) is 5.06 Å². The number of rotatable bonds is 5. The molecular weight excluding hydrogens is 294 g/mol. The minimum absolute atomic E-state index is 0.0111. The van der Waals surface area contributed by atoms with E-state index in [9.17, 15) is 18.0 Å². The van der Waals surface area contributed by atoms with Crippen LogP contribution in [0.3, 0.4) is 0 Å². The smallest absolute Gasteiger partial charge is 0.382 e. The predicted molar refractivity (Wildman–Crippen MR) is 63.3 cm³/mol. The molecule has 2 heterocycles. The maximum atomic E-state index is 12.0. The van der Waals surface area contributed by atoms with Crippen molar-refractivity contribution in [2.45, 2.75) is 12.1 Å². The maximum absolute atomic E-state index is 12.0. The Balaban J connectivity index is 2.36. The second-order valence-electron chi connectivity index (χ2n) is 4.29. The summed E-state index contributed by atoms with van der Waals surface area (Å²) in [4.78, 5) is 24.7. The van der Waals surface area contributed by atoms with Crippen LogP contribution in [0, 0.1) is 0 Å². The number of ether oxygens (including phenoxy) is 1. The molecule has 11 heteroatoms. The number of methoxy groups -OCH3 is 1. The van der Waals surface area contributed by atoms with E-state index >= 15 is 0 Å². The first-order valence-electron chi connectivity index (χ1n) is 5.52. The minimum Gasteiger partial charge on any atom is -0.382 e. The summed E-state index contributed by atoms with van der Waals surface area (Å²) in [5, 5.41) is 0.418. The van der Waals surface area contributed by atoms with Gasteiger partial charge in [0.05, 0.1) is 19.2 Å². The molecule has 0 aromatic rings. The third kappa shape index (κ3) is 2.60. The Bertz CT molecular complexity index is 572. The second kappa shape index (κ2) is 5.01. The number of fused-ring (bicyclic) bond motifs is 2. The molecule has 3 amide bonds. The third-order valence-corrected chi connectivity index (χ3v) is 3.36. The van der Waals surface area contributed by atoms with Crippen molar-refractivity contribution >= 4 is 22.3 Å². The lowest BCUT2D eigenvalue weighted by atomic mass is 10.00. The van der Waals surface area contributed by atoms with Crippen molar-refractivity contribution < 1.29 is 31.6 Å². The van der Waals surface area contributed by atoms with Crippen LogP contribution in [0.1, 0.15) is 0 Å². The lowest BCUT2D eigenvalue weighted by Crippen LogP contribution is -2.43. The number of amides is 3. The van der Waals surface area contributed by atoms with Gasteiger partial charge >= 0.3 is 16.4 Å². The summed E-state index contributed by atoms with van der Waals surface area (Å²) in [7, 11) is -3.48. The lowest BCUT2D eigenvalue weighted by Gasteiger charge is -2.27. The first kappa shape index (κ1) is 14.7. The zero-order chi connectivity index (χ0) is 15.1. The van der Waals surface area contributed by atoms with Crippen molar-refractivity contribution in [1.82, 2.24) is 9.96 Å². The normalized spacial score (nSPS) is 25.9. The van der Waals surface area contributed by atoms with Crippen LogP contribution in [-0.2, 0) is 24.2 Å². The Morgan fingerprint density at radius 1 is 1.60 bits per heavy atom. The largest absolute Gasteiger partial charge is 0.418 e. The molecule has 2 aliphatic rings. The van der Waals surface area contributed by atoms with Crippen molar-refractivity contribution in [3.8, 4) is 0 Å². The van der Waals surface area contributed by atoms with Gasteiger partial charge in [0.15, 0.2) is 0 Å². The SMILES string of the molecule is COC[C@@H]1C=C(C(N)=O)[C@@H]2CN1C(=O)N2OS(=O)(=O)O. The first-order chi connectivity index (χ1) is 9.24. The summed E-state index contributed by atoms with van der Waals surface area (Å²) >= 11 is 0. The number of nitrogens with two attached hydrogens (primary N) is 1. The molecule has 0 aromatic carbocycles. The number of hydrogen-bond donors (Lipinski definition) is 2. The molecule has 2 bridgehead atoms. The lowest BCUT2D eigenvalue weighted by molar-refractivity contribution is -0.116. The first-order valence-corrected chi connectivity index (χ1v) is 6.88. The summed E-state index contributed by atoms with van der Waals surface area (Å²) in [6, 6.07) is -2.36. The van der Waals surface area contributed by atoms with Crippen LogP contribution in [0.2, 0.25) is 0 Å². The Labute approximate surface area is 114 Å². The molecule has 2 aliphatic heterocycles. The van der Waals surface area contributed by atoms with Crippen LogP contribution in [0.5, 0.6) is 0 Å². The van der Waals surface area contributed by atoms with Crippen LogP contribution >= 0.6 is 0 Å². The molecule has 0 aliphatic carbocycles. The molecule has 3 N–H and O–H groups in total. The van der Waals surface area contributed by atoms with E-state index in [-0.39, 0.29) is 18.7 Å². The Kier molecular flexibility index (Phi) is 3.69. The highest BCUT2D eigenvalue weighted by atomic mass is 32.3. The molecule has 2 atom stereocenters. The minimum atomic E-state index is -4.89. The molecule has 1 fully saturated rings. The van der Waals surface area contributed by atoms with Crippen molar-refractivity contribution in [2.24, 2.45) is 5.73 Å². The van der Waals surface area contributed by atoms with Gasteiger partial charge in [-0.2, -0.15) is 13.5 Å². The van der Waals surface area contributed by atoms with Gasteiger partial charge in [0.2, 0.25) is 5.91 Å². The number of primary amides is 1. The maximum Gasteiger partial charge on any atom is 0.418 e. The van der Waals surface area contributed by atoms with E-state index in [0.717, 1.165) is 0 Å². The highest BCUT2D eigenvalue weighted by Gasteiger charge is 2.49. The summed E-state index contributed by atoms with van der Waals surface area (Å²) in [6.45, 7) is 0.117. The molecule has 20 heavy (non-hydrogen) atoms. The van der Waals surface area contributed by atoms with Crippen molar-refractivity contribution in [3.05, 3.63) is 11.6 Å². The summed E-state index contributed by atoms with van der Waals surface area (Å²) < 4.78 is 39.4. The molecule has 0 radical (unpaired) electrons. The molecule has 10 nitrogen and oxygen atoms in total. The molecule has 0 aromatic heterocycles. The average Bonchev–Trinajstić information content (AvgIpc) is 2.57. The number of nitrogens with zero attached hydrogens (tertiary/aromatic N) is 2. The fourth-order valence-corrected chi connectivity index (χ4v) is 2.62. The number of hydrogen-bond acceptors (Lipinski definition) is 6. The zero-order valence-electron chi connectivity index (χ0n) is 10.4. The van der Waals surface area contributed by atoms with Crippen molar-refractivity contribution in [1.29, 1.82) is 0 Å². The fourth-order valence-electron chi connectivity index (χ4n) is 2.25. The Hall–Kier alpha value is -1.69. The van der Waals surface area contributed by atoms with Gasteiger partial charge in [-0.1, -0.05) is 0 Å². The fraction of sp³-hybridized carbons (Fsp3) is 0.556. The van der Waals surface area contributed by atoms with Crippen LogP contribution in [-0.4, -0.2) is 67.2 Å². The van der Waals surface area contributed by atoms with Crippen LogP contribution in [0.4, 0.5) is 4.79 Å². The van der Waals surface area contributed by atoms with E-state index in [2.05, 4.69) is 4.28 Å². The van der Waals surface area contributed by atoms with Gasteiger partial charge in [0, 0.05) is 12.7 Å². The number of carbonyl (C=O) groups excluding carboxylic acids is 2. The summed E-state index contributed by atoms with van der Waals surface area (Å²) in [5.74, 6) is -0.811. The molecule has 112 valence electrons. The van der Waals surface area contributed by atoms with Crippen LogP contribution in [0.25, 0.3) is 0 Å². The Morgan fingerprint density at radius 3 is 2.75 bits per heavy atom. The molecular formula is C9H13N3O7S. The van der Waals surface area contributed by atoms with E-state index in [4.69, 9.17) is 15.0 Å². The van der Waals surface area contributed by atoms with E-state index < -0.39 is 34.4 Å². The van der Waals surface area contributed by atoms with Gasteiger partial charge in [-0.05, 0) is 6.08 Å². The number of carbonyl (C=O) groups is 2. The standard InChI is InChI=1S/C9H13N3O7S/c1-18-4-5-2-6(8(10)13)7-3-11(5)9(14)12(7)19-20(15,16)17/h2,5,7H,3-4H2,1H3,(H2,10,13)(H,15,16,17)/t5-,7-/m0/s1. The molecule has 0 spiro atoms. The van der Waals surface area contributed by atoms with Crippen LogP contribution < -0.4 is 5.73 Å². The summed E-state index contributed by atoms with van der Waals surface area (Å²) in [5.41, 5.74) is 5.24. The number of hydroxylamine groups is 2. The quantitative estimate of drug-likeness (QED) is 0.575. The summed E-state index contributed by atoms with van der Waals surface area (Å²) in [6.07, 6.45) is 1.42. The third-order valence-electron chi connectivity index (χ3n) is 3.01. The molecule has 1 saturated heterocycles. The van der Waals surface area contributed by atoms with Gasteiger partial charge in [0.1, 0.15) is 6.04 Å². The molecule has 0 saturated carbocycles. The Morgan fingerprint density at radius 2 is 2.25 bits per heavy atom. The highest BCUT2D eigenvalue weighted by molar-refractivity contribution is 7.80. The van der Waals surface area contributed by atoms with E-state index in [1.54, 1.807) is 0 Å².